The fraction of sp³-hybridized carbons (Fsp3) is 0.462. The number of carboxylic acid groups (broad SMARTS) is 1. The van der Waals surface area contributed by atoms with Gasteiger partial charge in [0.25, 0.3) is 0 Å². The Labute approximate surface area is 111 Å². The Hall–Kier alpha value is -1.40. The van der Waals surface area contributed by atoms with E-state index in [1.165, 1.54) is 0 Å². The van der Waals surface area contributed by atoms with Gasteiger partial charge in [0.1, 0.15) is 5.41 Å². The largest absolute Gasteiger partial charge is 0.481 e. The highest BCUT2D eigenvalue weighted by Gasteiger charge is 2.74. The summed E-state index contributed by atoms with van der Waals surface area (Å²) in [5, 5.41) is 17.6. The van der Waals surface area contributed by atoms with Crippen molar-refractivity contribution in [3.63, 3.8) is 0 Å². The number of hydrogen-bond donors (Lipinski definition) is 2. The van der Waals surface area contributed by atoms with Crippen molar-refractivity contribution in [2.24, 2.45) is 5.41 Å². The van der Waals surface area contributed by atoms with Crippen molar-refractivity contribution in [2.45, 2.75) is 18.1 Å². The molecule has 1 aliphatic rings. The predicted molar refractivity (Wildman–Crippen MR) is 69.7 cm³/mol. The molecule has 1 fully saturated rings. The minimum atomic E-state index is -3.54. The second-order valence-corrected chi connectivity index (χ2v) is 7.31. The van der Waals surface area contributed by atoms with Crippen LogP contribution in [0.3, 0.4) is 0 Å². The van der Waals surface area contributed by atoms with Crippen molar-refractivity contribution in [3.8, 4) is 0 Å². The Morgan fingerprint density at radius 3 is 2.16 bits per heavy atom. The lowest BCUT2D eigenvalue weighted by atomic mass is 9.99. The Balaban J connectivity index is 2.50. The number of aryl methyl sites for hydroxylation is 1. The zero-order valence-corrected chi connectivity index (χ0v) is 11.5. The monoisotopic (exact) mass is 284 g/mol. The second-order valence-electron chi connectivity index (χ2n) is 5.14. The minimum Gasteiger partial charge on any atom is -0.481 e. The molecule has 1 saturated carbocycles. The van der Waals surface area contributed by atoms with E-state index in [2.05, 4.69) is 0 Å². The van der Waals surface area contributed by atoms with Gasteiger partial charge >= 0.3 is 5.97 Å². The average Bonchev–Trinajstić information content (AvgIpc) is 3.00. The standard InChI is InChI=1S/C13H16O5S/c1-8-3-5-9(6-4-8)10-11(19(2,17)18)13(10,7-14)12(15)16/h3-6,10-11,14H,7H2,1-2H3,(H,15,16)/t10-,11+,13-/m1/s1. The number of hydrogen-bond acceptors (Lipinski definition) is 4. The van der Waals surface area contributed by atoms with Crippen molar-refractivity contribution in [3.05, 3.63) is 35.4 Å². The van der Waals surface area contributed by atoms with Crippen LogP contribution in [0.15, 0.2) is 24.3 Å². The van der Waals surface area contributed by atoms with Crippen LogP contribution in [0.5, 0.6) is 0 Å². The fourth-order valence-electron chi connectivity index (χ4n) is 2.79. The third-order valence-corrected chi connectivity index (χ3v) is 5.43. The summed E-state index contributed by atoms with van der Waals surface area (Å²) in [5.41, 5.74) is 0.0331. The lowest BCUT2D eigenvalue weighted by Gasteiger charge is -2.08. The molecule has 0 saturated heterocycles. The number of aliphatic hydroxyl groups is 1. The molecule has 6 heteroatoms. The van der Waals surface area contributed by atoms with Crippen LogP contribution < -0.4 is 0 Å². The summed E-state index contributed by atoms with van der Waals surface area (Å²) in [5.74, 6) is -1.96. The Bertz CT molecular complexity index is 604. The fourth-order valence-corrected chi connectivity index (χ4v) is 4.69. The van der Waals surface area contributed by atoms with Gasteiger partial charge in [0.2, 0.25) is 0 Å². The molecule has 3 atom stereocenters. The molecule has 0 spiro atoms. The van der Waals surface area contributed by atoms with Crippen molar-refractivity contribution >= 4 is 15.8 Å². The van der Waals surface area contributed by atoms with Crippen molar-refractivity contribution in [2.75, 3.05) is 12.9 Å². The summed E-state index contributed by atoms with van der Waals surface area (Å²) in [6.45, 7) is 1.21. The van der Waals surface area contributed by atoms with Gasteiger partial charge in [-0.25, -0.2) is 8.42 Å². The number of sulfone groups is 1. The van der Waals surface area contributed by atoms with Crippen LogP contribution >= 0.6 is 0 Å². The van der Waals surface area contributed by atoms with Crippen LogP contribution in [0.4, 0.5) is 0 Å². The number of rotatable bonds is 4. The maximum Gasteiger partial charge on any atom is 0.314 e. The topological polar surface area (TPSA) is 91.7 Å². The van der Waals surface area contributed by atoms with Crippen LogP contribution in [0.2, 0.25) is 0 Å². The maximum atomic E-state index is 11.7. The summed E-state index contributed by atoms with van der Waals surface area (Å²) >= 11 is 0. The molecule has 0 bridgehead atoms. The molecule has 0 aliphatic heterocycles. The highest BCUT2D eigenvalue weighted by Crippen LogP contribution is 2.62. The third-order valence-electron chi connectivity index (χ3n) is 3.81. The predicted octanol–water partition coefficient (Wildman–Crippen LogP) is 0.569. The molecule has 5 nitrogen and oxygen atoms in total. The van der Waals surface area contributed by atoms with Gasteiger partial charge in [-0.3, -0.25) is 4.79 Å². The van der Waals surface area contributed by atoms with E-state index in [0.717, 1.165) is 11.8 Å². The van der Waals surface area contributed by atoms with Gasteiger partial charge in [-0.05, 0) is 12.5 Å². The molecule has 1 aliphatic carbocycles. The van der Waals surface area contributed by atoms with Gasteiger partial charge in [-0.15, -0.1) is 0 Å². The van der Waals surface area contributed by atoms with Crippen molar-refractivity contribution in [1.29, 1.82) is 0 Å². The lowest BCUT2D eigenvalue weighted by Crippen LogP contribution is -2.27. The van der Waals surface area contributed by atoms with E-state index in [9.17, 15) is 23.4 Å². The van der Waals surface area contributed by atoms with E-state index in [4.69, 9.17) is 0 Å². The summed E-state index contributed by atoms with van der Waals surface area (Å²) in [4.78, 5) is 11.4. The third kappa shape index (κ3) is 2.04. The molecule has 0 heterocycles. The Morgan fingerprint density at radius 2 is 1.84 bits per heavy atom. The first kappa shape index (κ1) is 14.0. The quantitative estimate of drug-likeness (QED) is 0.843. The average molecular weight is 284 g/mol. The van der Waals surface area contributed by atoms with Gasteiger partial charge in [-0.2, -0.15) is 0 Å². The van der Waals surface area contributed by atoms with Gasteiger partial charge < -0.3 is 10.2 Å². The van der Waals surface area contributed by atoms with Crippen LogP contribution in [-0.2, 0) is 14.6 Å². The van der Waals surface area contributed by atoms with Crippen molar-refractivity contribution < 1.29 is 23.4 Å². The SMILES string of the molecule is Cc1ccc([C@@H]2[C@H](S(C)(=O)=O)[C@]2(CO)C(=O)O)cc1. The molecule has 1 aromatic rings. The number of carboxylic acids is 1. The molecule has 0 radical (unpaired) electrons. The second kappa shape index (κ2) is 4.31. The van der Waals surface area contributed by atoms with E-state index >= 15 is 0 Å². The van der Waals surface area contributed by atoms with Crippen LogP contribution in [0.1, 0.15) is 17.0 Å². The summed E-state index contributed by atoms with van der Waals surface area (Å²) in [6, 6.07) is 7.05. The zero-order chi connectivity index (χ0) is 14.4. The number of aliphatic hydroxyl groups excluding tert-OH is 1. The highest BCUT2D eigenvalue weighted by atomic mass is 32.2. The van der Waals surface area contributed by atoms with Gasteiger partial charge in [-0.1, -0.05) is 29.8 Å². The van der Waals surface area contributed by atoms with Crippen LogP contribution in [0, 0.1) is 12.3 Å². The zero-order valence-electron chi connectivity index (χ0n) is 10.7. The normalized spacial score (nSPS) is 30.1. The van der Waals surface area contributed by atoms with Gasteiger partial charge in [0.15, 0.2) is 9.84 Å². The first-order valence-corrected chi connectivity index (χ1v) is 7.80. The molecule has 2 N–H and O–H groups in total. The van der Waals surface area contributed by atoms with Gasteiger partial charge in [0.05, 0.1) is 11.9 Å². The maximum absolute atomic E-state index is 11.7. The lowest BCUT2D eigenvalue weighted by molar-refractivity contribution is -0.145. The van der Waals surface area contributed by atoms with Crippen molar-refractivity contribution in [1.82, 2.24) is 0 Å². The molecular weight excluding hydrogens is 268 g/mol. The van der Waals surface area contributed by atoms with E-state index in [0.29, 0.717) is 5.56 Å². The van der Waals surface area contributed by atoms with Gasteiger partial charge in [0, 0.05) is 12.2 Å². The molecular formula is C13H16O5S. The molecule has 19 heavy (non-hydrogen) atoms. The van der Waals surface area contributed by atoms with E-state index in [-0.39, 0.29) is 0 Å². The molecule has 2 rings (SSSR count). The first-order chi connectivity index (χ1) is 8.75. The first-order valence-electron chi connectivity index (χ1n) is 5.85. The van der Waals surface area contributed by atoms with E-state index in [1.54, 1.807) is 24.3 Å². The molecule has 104 valence electrons. The Morgan fingerprint density at radius 1 is 1.32 bits per heavy atom. The highest BCUT2D eigenvalue weighted by molar-refractivity contribution is 7.91. The number of carbonyl (C=O) groups is 1. The summed E-state index contributed by atoms with van der Waals surface area (Å²) in [7, 11) is -3.54. The molecule has 0 amide bonds. The van der Waals surface area contributed by atoms with Crippen LogP contribution in [0.25, 0.3) is 0 Å². The molecule has 1 aromatic carbocycles. The summed E-state index contributed by atoms with van der Waals surface area (Å²) in [6.07, 6.45) is 1.01. The minimum absolute atomic E-state index is 0.637. The van der Waals surface area contributed by atoms with E-state index < -0.39 is 39.0 Å². The Kier molecular flexibility index (Phi) is 3.18. The van der Waals surface area contributed by atoms with E-state index in [1.807, 2.05) is 6.92 Å². The molecule has 0 aromatic heterocycles. The number of aliphatic carboxylic acids is 1. The number of benzene rings is 1. The summed E-state index contributed by atoms with van der Waals surface area (Å²) < 4.78 is 23.5. The van der Waals surface area contributed by atoms with Crippen LogP contribution in [-0.4, -0.2) is 42.7 Å². The molecule has 0 unspecified atom stereocenters. The smallest absolute Gasteiger partial charge is 0.314 e.